The fraction of sp³-hybridized carbons (Fsp3) is 0.316. The lowest BCUT2D eigenvalue weighted by atomic mass is 10.2. The number of methoxy groups -OCH3 is 3. The first-order valence-corrected chi connectivity index (χ1v) is 7.82. The van der Waals surface area contributed by atoms with E-state index in [1.165, 1.54) is 21.3 Å². The van der Waals surface area contributed by atoms with Crippen molar-refractivity contribution in [1.82, 2.24) is 0 Å². The van der Waals surface area contributed by atoms with E-state index in [0.29, 0.717) is 28.7 Å². The lowest BCUT2D eigenvalue weighted by Gasteiger charge is -2.17. The molecule has 6 nitrogen and oxygen atoms in total. The Bertz CT molecular complexity index is 702. The predicted molar refractivity (Wildman–Crippen MR) is 96.0 cm³/mol. The summed E-state index contributed by atoms with van der Waals surface area (Å²) in [6.45, 7) is 3.68. The molecule has 0 fully saturated rings. The van der Waals surface area contributed by atoms with Gasteiger partial charge < -0.3 is 24.3 Å². The van der Waals surface area contributed by atoms with Crippen LogP contribution in [0.25, 0.3) is 0 Å². The zero-order valence-corrected chi connectivity index (χ0v) is 15.1. The first-order chi connectivity index (χ1) is 12.0. The van der Waals surface area contributed by atoms with Gasteiger partial charge in [-0.2, -0.15) is 0 Å². The van der Waals surface area contributed by atoms with Gasteiger partial charge in [0.05, 0.1) is 21.3 Å². The van der Waals surface area contributed by atoms with Gasteiger partial charge in [0.1, 0.15) is 5.75 Å². The van der Waals surface area contributed by atoms with Gasteiger partial charge in [-0.05, 0) is 26.0 Å². The van der Waals surface area contributed by atoms with Crippen LogP contribution in [0.2, 0.25) is 0 Å². The summed E-state index contributed by atoms with van der Waals surface area (Å²) in [6, 6.07) is 10.9. The molecule has 0 spiro atoms. The van der Waals surface area contributed by atoms with Crippen molar-refractivity contribution >= 4 is 11.6 Å². The van der Waals surface area contributed by atoms with E-state index in [2.05, 4.69) is 5.32 Å². The van der Waals surface area contributed by atoms with Gasteiger partial charge in [0, 0.05) is 17.8 Å². The number of amides is 1. The number of aryl methyl sites for hydroxylation is 1. The minimum absolute atomic E-state index is 0.283. The summed E-state index contributed by atoms with van der Waals surface area (Å²) in [6.07, 6.45) is -0.665. The third kappa shape index (κ3) is 4.56. The molecule has 2 aromatic rings. The number of hydrogen-bond donors (Lipinski definition) is 1. The van der Waals surface area contributed by atoms with Crippen LogP contribution in [0.3, 0.4) is 0 Å². The van der Waals surface area contributed by atoms with E-state index in [0.717, 1.165) is 5.56 Å². The van der Waals surface area contributed by atoms with Crippen LogP contribution in [0.5, 0.6) is 23.0 Å². The number of rotatable bonds is 7. The minimum atomic E-state index is -0.665. The SMILES string of the molecule is COc1cc(NC(=O)C(C)Oc2ccc(C)cc2)cc(OC)c1OC. The van der Waals surface area contributed by atoms with Crippen LogP contribution in [0.15, 0.2) is 36.4 Å². The zero-order valence-electron chi connectivity index (χ0n) is 15.1. The monoisotopic (exact) mass is 345 g/mol. The lowest BCUT2D eigenvalue weighted by Crippen LogP contribution is -2.30. The molecular formula is C19H23NO5. The summed E-state index contributed by atoms with van der Waals surface area (Å²) in [7, 11) is 4.56. The average molecular weight is 345 g/mol. The second kappa shape index (κ2) is 8.28. The highest BCUT2D eigenvalue weighted by Gasteiger charge is 2.18. The highest BCUT2D eigenvalue weighted by molar-refractivity contribution is 5.94. The summed E-state index contributed by atoms with van der Waals surface area (Å²) < 4.78 is 21.5. The van der Waals surface area contributed by atoms with Gasteiger partial charge in [-0.1, -0.05) is 17.7 Å². The van der Waals surface area contributed by atoms with E-state index in [-0.39, 0.29) is 5.91 Å². The maximum Gasteiger partial charge on any atom is 0.265 e. The van der Waals surface area contributed by atoms with Crippen molar-refractivity contribution in [3.8, 4) is 23.0 Å². The quantitative estimate of drug-likeness (QED) is 0.833. The van der Waals surface area contributed by atoms with Crippen LogP contribution in [0.1, 0.15) is 12.5 Å². The summed E-state index contributed by atoms with van der Waals surface area (Å²) in [4.78, 5) is 12.4. The second-order valence-electron chi connectivity index (χ2n) is 5.48. The second-order valence-corrected chi connectivity index (χ2v) is 5.48. The summed E-state index contributed by atoms with van der Waals surface area (Å²) in [5.41, 5.74) is 1.65. The maximum absolute atomic E-state index is 12.4. The molecule has 0 aromatic heterocycles. The molecule has 0 radical (unpaired) electrons. The van der Waals surface area contributed by atoms with Gasteiger partial charge in [0.25, 0.3) is 5.91 Å². The Hall–Kier alpha value is -2.89. The summed E-state index contributed by atoms with van der Waals surface area (Å²) >= 11 is 0. The van der Waals surface area contributed by atoms with E-state index < -0.39 is 6.10 Å². The van der Waals surface area contributed by atoms with E-state index in [1.807, 2.05) is 31.2 Å². The molecule has 0 aliphatic carbocycles. The van der Waals surface area contributed by atoms with Crippen molar-refractivity contribution in [1.29, 1.82) is 0 Å². The molecule has 1 N–H and O–H groups in total. The Kier molecular flexibility index (Phi) is 6.11. The summed E-state index contributed by atoms with van der Waals surface area (Å²) in [5, 5.41) is 2.79. The third-order valence-electron chi connectivity index (χ3n) is 3.64. The Morgan fingerprint density at radius 3 is 2.00 bits per heavy atom. The Balaban J connectivity index is 2.12. The first kappa shape index (κ1) is 18.4. The molecule has 2 rings (SSSR count). The molecule has 1 amide bonds. The number of nitrogens with one attached hydrogen (secondary N) is 1. The number of carbonyl (C=O) groups excluding carboxylic acids is 1. The van der Waals surface area contributed by atoms with Crippen molar-refractivity contribution in [2.45, 2.75) is 20.0 Å². The topological polar surface area (TPSA) is 66.0 Å². The van der Waals surface area contributed by atoms with E-state index in [9.17, 15) is 4.79 Å². The van der Waals surface area contributed by atoms with Crippen molar-refractivity contribution in [3.63, 3.8) is 0 Å². The molecular weight excluding hydrogens is 322 g/mol. The fourth-order valence-corrected chi connectivity index (χ4v) is 2.27. The van der Waals surface area contributed by atoms with Gasteiger partial charge >= 0.3 is 0 Å². The van der Waals surface area contributed by atoms with Crippen LogP contribution in [-0.2, 0) is 4.79 Å². The van der Waals surface area contributed by atoms with Crippen LogP contribution in [-0.4, -0.2) is 33.3 Å². The Labute approximate surface area is 147 Å². The van der Waals surface area contributed by atoms with E-state index >= 15 is 0 Å². The Morgan fingerprint density at radius 2 is 1.52 bits per heavy atom. The maximum atomic E-state index is 12.4. The van der Waals surface area contributed by atoms with Crippen LogP contribution in [0.4, 0.5) is 5.69 Å². The molecule has 25 heavy (non-hydrogen) atoms. The number of benzene rings is 2. The Morgan fingerprint density at radius 1 is 0.960 bits per heavy atom. The van der Waals surface area contributed by atoms with E-state index in [4.69, 9.17) is 18.9 Å². The molecule has 6 heteroatoms. The lowest BCUT2D eigenvalue weighted by molar-refractivity contribution is -0.122. The van der Waals surface area contributed by atoms with Crippen LogP contribution < -0.4 is 24.3 Å². The van der Waals surface area contributed by atoms with Crippen molar-refractivity contribution in [3.05, 3.63) is 42.0 Å². The van der Waals surface area contributed by atoms with Gasteiger partial charge in [0.2, 0.25) is 5.75 Å². The fourth-order valence-electron chi connectivity index (χ4n) is 2.27. The van der Waals surface area contributed by atoms with Crippen molar-refractivity contribution < 1.29 is 23.7 Å². The average Bonchev–Trinajstić information content (AvgIpc) is 2.62. The van der Waals surface area contributed by atoms with Crippen molar-refractivity contribution in [2.24, 2.45) is 0 Å². The predicted octanol–water partition coefficient (Wildman–Crippen LogP) is 3.43. The highest BCUT2D eigenvalue weighted by atomic mass is 16.5. The van der Waals surface area contributed by atoms with Crippen LogP contribution in [0, 0.1) is 6.92 Å². The molecule has 0 aliphatic rings. The first-order valence-electron chi connectivity index (χ1n) is 7.82. The number of anilines is 1. The highest BCUT2D eigenvalue weighted by Crippen LogP contribution is 2.39. The van der Waals surface area contributed by atoms with Crippen molar-refractivity contribution in [2.75, 3.05) is 26.6 Å². The molecule has 0 bridgehead atoms. The molecule has 134 valence electrons. The standard InChI is InChI=1S/C19H23NO5/c1-12-6-8-15(9-7-12)25-13(2)19(21)20-14-10-16(22-3)18(24-5)17(11-14)23-4/h6-11,13H,1-5H3,(H,20,21). The largest absolute Gasteiger partial charge is 0.493 e. The smallest absolute Gasteiger partial charge is 0.265 e. The molecule has 0 heterocycles. The van der Waals surface area contributed by atoms with Gasteiger partial charge in [-0.3, -0.25) is 4.79 Å². The minimum Gasteiger partial charge on any atom is -0.493 e. The zero-order chi connectivity index (χ0) is 18.4. The van der Waals surface area contributed by atoms with Gasteiger partial charge in [0.15, 0.2) is 17.6 Å². The molecule has 1 unspecified atom stereocenters. The normalized spacial score (nSPS) is 11.4. The molecule has 0 aliphatic heterocycles. The summed E-state index contributed by atoms with van der Waals surface area (Å²) in [5.74, 6) is 1.74. The third-order valence-corrected chi connectivity index (χ3v) is 3.64. The molecule has 2 aromatic carbocycles. The van der Waals surface area contributed by atoms with Gasteiger partial charge in [-0.15, -0.1) is 0 Å². The number of hydrogen-bond acceptors (Lipinski definition) is 5. The number of carbonyl (C=O) groups is 1. The van der Waals surface area contributed by atoms with Gasteiger partial charge in [-0.25, -0.2) is 0 Å². The molecule has 0 saturated heterocycles. The molecule has 0 saturated carbocycles. The number of ether oxygens (including phenoxy) is 4. The van der Waals surface area contributed by atoms with E-state index in [1.54, 1.807) is 19.1 Å². The molecule has 1 atom stereocenters. The van der Waals surface area contributed by atoms with Crippen LogP contribution >= 0.6 is 0 Å².